The van der Waals surface area contributed by atoms with Crippen molar-refractivity contribution < 1.29 is 27.5 Å². The van der Waals surface area contributed by atoms with Gasteiger partial charge in [0.25, 0.3) is 0 Å². The van der Waals surface area contributed by atoms with Gasteiger partial charge in [-0.05, 0) is 19.8 Å². The summed E-state index contributed by atoms with van der Waals surface area (Å²) in [5.41, 5.74) is -2.50. The van der Waals surface area contributed by atoms with Gasteiger partial charge in [-0.25, -0.2) is 0 Å². The number of halogens is 3. The maximum Gasteiger partial charge on any atom is 0.428 e. The minimum Gasteiger partial charge on any atom is -0.449 e. The van der Waals surface area contributed by atoms with Gasteiger partial charge in [0.1, 0.15) is 5.78 Å². The highest BCUT2D eigenvalue weighted by atomic mass is 19.4. The Balaban J connectivity index is 2.93. The lowest BCUT2D eigenvalue weighted by atomic mass is 9.76. The first kappa shape index (κ1) is 16.0. The highest BCUT2D eigenvalue weighted by Gasteiger charge is 2.59. The molecule has 6 heteroatoms. The molecule has 1 aliphatic rings. The van der Waals surface area contributed by atoms with Crippen LogP contribution in [0.25, 0.3) is 0 Å². The fourth-order valence-corrected chi connectivity index (χ4v) is 2.19. The van der Waals surface area contributed by atoms with Crippen LogP contribution in [-0.2, 0) is 14.3 Å². The predicted octanol–water partition coefficient (Wildman–Crippen LogP) is 3.27. The van der Waals surface area contributed by atoms with E-state index in [0.717, 1.165) is 6.92 Å². The van der Waals surface area contributed by atoms with E-state index >= 15 is 0 Å². The topological polar surface area (TPSA) is 43.4 Å². The van der Waals surface area contributed by atoms with Gasteiger partial charge in [-0.3, -0.25) is 9.59 Å². The summed E-state index contributed by atoms with van der Waals surface area (Å²) >= 11 is 0. The number of carbonyl (C=O) groups is 2. The van der Waals surface area contributed by atoms with Gasteiger partial charge in [0.05, 0.1) is 5.92 Å². The summed E-state index contributed by atoms with van der Waals surface area (Å²) in [6, 6.07) is 0. The van der Waals surface area contributed by atoms with Gasteiger partial charge in [-0.1, -0.05) is 13.8 Å². The van der Waals surface area contributed by atoms with Crippen LogP contribution in [0.1, 0.15) is 46.5 Å². The molecule has 110 valence electrons. The standard InChI is InChI=1S/C13H19F3O3/c1-8(2)11(18)19-12(3,13(14,15)16)9-4-6-10(17)7-5-9/h8-9H,4-7H2,1-3H3. The minimum atomic E-state index is -4.64. The van der Waals surface area contributed by atoms with Crippen LogP contribution < -0.4 is 0 Å². The van der Waals surface area contributed by atoms with E-state index in [0.29, 0.717) is 0 Å². The van der Waals surface area contributed by atoms with Crippen LogP contribution in [0.3, 0.4) is 0 Å². The van der Waals surface area contributed by atoms with E-state index in [1.54, 1.807) is 0 Å². The smallest absolute Gasteiger partial charge is 0.428 e. The van der Waals surface area contributed by atoms with E-state index in [4.69, 9.17) is 4.74 Å². The molecule has 1 saturated carbocycles. The number of carbonyl (C=O) groups excluding carboxylic acids is 2. The minimum absolute atomic E-state index is 0.0315. The fourth-order valence-electron chi connectivity index (χ4n) is 2.19. The number of hydrogen-bond acceptors (Lipinski definition) is 3. The van der Waals surface area contributed by atoms with Crippen molar-refractivity contribution in [3.63, 3.8) is 0 Å². The largest absolute Gasteiger partial charge is 0.449 e. The van der Waals surface area contributed by atoms with Crippen molar-refractivity contribution >= 4 is 11.8 Å². The van der Waals surface area contributed by atoms with Crippen molar-refractivity contribution in [2.24, 2.45) is 11.8 Å². The number of rotatable bonds is 3. The normalized spacial score (nSPS) is 21.3. The third kappa shape index (κ3) is 3.48. The second-order valence-corrected chi connectivity index (χ2v) is 5.49. The molecule has 0 radical (unpaired) electrons. The molecule has 1 rings (SSSR count). The first-order valence-electron chi connectivity index (χ1n) is 6.39. The number of hydrogen-bond donors (Lipinski definition) is 0. The Bertz CT molecular complexity index is 353. The van der Waals surface area contributed by atoms with Gasteiger partial charge in [-0.15, -0.1) is 0 Å². The summed E-state index contributed by atoms with van der Waals surface area (Å²) in [5.74, 6) is -2.37. The van der Waals surface area contributed by atoms with Crippen LogP contribution in [0.4, 0.5) is 13.2 Å². The molecule has 0 bridgehead atoms. The molecule has 1 unspecified atom stereocenters. The van der Waals surface area contributed by atoms with Gasteiger partial charge < -0.3 is 4.74 Å². The van der Waals surface area contributed by atoms with Gasteiger partial charge in [0, 0.05) is 18.8 Å². The van der Waals surface area contributed by atoms with Crippen LogP contribution >= 0.6 is 0 Å². The van der Waals surface area contributed by atoms with Gasteiger partial charge in [-0.2, -0.15) is 13.2 Å². The highest BCUT2D eigenvalue weighted by molar-refractivity contribution is 5.79. The highest BCUT2D eigenvalue weighted by Crippen LogP contribution is 2.45. The van der Waals surface area contributed by atoms with Crippen molar-refractivity contribution in [2.75, 3.05) is 0 Å². The maximum atomic E-state index is 13.2. The zero-order valence-corrected chi connectivity index (χ0v) is 11.3. The molecule has 0 aromatic heterocycles. The zero-order valence-electron chi connectivity index (χ0n) is 11.3. The molecular weight excluding hydrogens is 261 g/mol. The third-order valence-electron chi connectivity index (χ3n) is 3.67. The van der Waals surface area contributed by atoms with Crippen molar-refractivity contribution in [2.45, 2.75) is 58.2 Å². The first-order valence-corrected chi connectivity index (χ1v) is 6.39. The molecule has 19 heavy (non-hydrogen) atoms. The molecule has 0 aliphatic heterocycles. The average molecular weight is 280 g/mol. The van der Waals surface area contributed by atoms with E-state index < -0.39 is 29.6 Å². The molecule has 1 atom stereocenters. The number of ketones is 1. The maximum absolute atomic E-state index is 13.2. The summed E-state index contributed by atoms with van der Waals surface area (Å²) in [7, 11) is 0. The van der Waals surface area contributed by atoms with E-state index in [9.17, 15) is 22.8 Å². The molecule has 3 nitrogen and oxygen atoms in total. The quantitative estimate of drug-likeness (QED) is 0.745. The second-order valence-electron chi connectivity index (χ2n) is 5.49. The van der Waals surface area contributed by atoms with Crippen LogP contribution in [0.5, 0.6) is 0 Å². The van der Waals surface area contributed by atoms with Crippen molar-refractivity contribution in [3.8, 4) is 0 Å². The van der Waals surface area contributed by atoms with E-state index in [2.05, 4.69) is 0 Å². The Morgan fingerprint density at radius 3 is 2.11 bits per heavy atom. The van der Waals surface area contributed by atoms with Gasteiger partial charge >= 0.3 is 12.1 Å². The molecule has 0 spiro atoms. The summed E-state index contributed by atoms with van der Waals surface area (Å²) in [5, 5.41) is 0. The van der Waals surface area contributed by atoms with E-state index in [-0.39, 0.29) is 31.5 Å². The Kier molecular flexibility index (Phi) is 4.63. The average Bonchev–Trinajstić information content (AvgIpc) is 2.27. The SMILES string of the molecule is CC(C)C(=O)OC(C)(C1CCC(=O)CC1)C(F)(F)F. The molecule has 0 saturated heterocycles. The molecular formula is C13H19F3O3. The number of esters is 1. The number of Topliss-reactive ketones (excluding diaryl/α,β-unsaturated/α-hetero) is 1. The summed E-state index contributed by atoms with van der Waals surface area (Å²) in [4.78, 5) is 22.6. The van der Waals surface area contributed by atoms with E-state index in [1.807, 2.05) is 0 Å². The first-order chi connectivity index (χ1) is 8.58. The van der Waals surface area contributed by atoms with Crippen LogP contribution in [0, 0.1) is 11.8 Å². The monoisotopic (exact) mass is 280 g/mol. The lowest BCUT2D eigenvalue weighted by Crippen LogP contribution is -2.53. The molecule has 0 heterocycles. The predicted molar refractivity (Wildman–Crippen MR) is 62.4 cm³/mol. The molecule has 0 N–H and O–H groups in total. The number of ether oxygens (including phenoxy) is 1. The third-order valence-corrected chi connectivity index (χ3v) is 3.67. The second kappa shape index (κ2) is 5.51. The van der Waals surface area contributed by atoms with Crippen molar-refractivity contribution in [1.29, 1.82) is 0 Å². The van der Waals surface area contributed by atoms with E-state index in [1.165, 1.54) is 13.8 Å². The zero-order chi connectivity index (χ0) is 14.8. The van der Waals surface area contributed by atoms with Crippen molar-refractivity contribution in [3.05, 3.63) is 0 Å². The molecule has 1 aliphatic carbocycles. The molecule has 0 aromatic rings. The van der Waals surface area contributed by atoms with Gasteiger partial charge in [0.2, 0.25) is 5.60 Å². The lowest BCUT2D eigenvalue weighted by molar-refractivity contribution is -0.284. The fraction of sp³-hybridized carbons (Fsp3) is 0.846. The summed E-state index contributed by atoms with van der Waals surface area (Å²) < 4.78 is 44.5. The number of alkyl halides is 3. The Morgan fingerprint density at radius 2 is 1.74 bits per heavy atom. The summed E-state index contributed by atoms with van der Waals surface area (Å²) in [6.45, 7) is 3.89. The Labute approximate surface area is 110 Å². The van der Waals surface area contributed by atoms with Crippen LogP contribution in [0.2, 0.25) is 0 Å². The Morgan fingerprint density at radius 1 is 1.26 bits per heavy atom. The van der Waals surface area contributed by atoms with Crippen LogP contribution in [0.15, 0.2) is 0 Å². The Hall–Kier alpha value is -1.07. The molecule has 0 aromatic carbocycles. The summed E-state index contributed by atoms with van der Waals surface area (Å²) in [6.07, 6.45) is -4.17. The molecule has 0 amide bonds. The van der Waals surface area contributed by atoms with Crippen molar-refractivity contribution in [1.82, 2.24) is 0 Å². The van der Waals surface area contributed by atoms with Gasteiger partial charge in [0.15, 0.2) is 0 Å². The van der Waals surface area contributed by atoms with Crippen LogP contribution in [-0.4, -0.2) is 23.5 Å². The lowest BCUT2D eigenvalue weighted by Gasteiger charge is -2.40. The molecule has 1 fully saturated rings.